The maximum absolute atomic E-state index is 13.7. The van der Waals surface area contributed by atoms with E-state index in [1.54, 1.807) is 0 Å². The second-order valence-electron chi connectivity index (χ2n) is 21.9. The van der Waals surface area contributed by atoms with Crippen molar-refractivity contribution in [1.29, 1.82) is 0 Å². The number of rotatable bonds is 14. The van der Waals surface area contributed by atoms with Gasteiger partial charge in [-0.25, -0.2) is 149 Å². The predicted molar refractivity (Wildman–Crippen MR) is 316 cm³/mol. The van der Waals surface area contributed by atoms with Gasteiger partial charge in [-0.2, -0.15) is 0 Å². The minimum atomic E-state index is -2.44. The van der Waals surface area contributed by atoms with Crippen molar-refractivity contribution in [1.82, 2.24) is 0 Å². The van der Waals surface area contributed by atoms with Gasteiger partial charge in [0.15, 0.2) is 163 Å². The number of benzene rings is 9. The molecule has 0 aliphatic heterocycles. The van der Waals surface area contributed by atoms with E-state index in [0.717, 1.165) is 47.1 Å². The minimum absolute atomic E-state index is 0.337. The zero-order chi connectivity index (χ0) is 81.7. The van der Waals surface area contributed by atoms with Crippen LogP contribution in [0.5, 0.6) is 0 Å². The molecule has 1 N–H and O–H groups in total. The van der Waals surface area contributed by atoms with Gasteiger partial charge in [0.05, 0.1) is 27.9 Å². The number of hydrogen-bond donors (Lipinski definition) is 1. The molecule has 0 saturated heterocycles. The van der Waals surface area contributed by atoms with Gasteiger partial charge in [-0.05, 0) is 99.7 Å². The summed E-state index contributed by atoms with van der Waals surface area (Å²) in [6.07, 6.45) is 8.62. The van der Waals surface area contributed by atoms with Crippen LogP contribution in [0.3, 0.4) is 0 Å². The first-order valence-corrected chi connectivity index (χ1v) is 30.7. The molecule has 9 aromatic carbocycles. The molecule has 0 saturated carbocycles. The molecular formula is C69H44AlF34NO2. The van der Waals surface area contributed by atoms with E-state index in [0.29, 0.717) is 36.5 Å². The Morgan fingerprint density at radius 2 is 0.467 bits per heavy atom. The van der Waals surface area contributed by atoms with Gasteiger partial charge in [0.25, 0.3) is 0 Å². The molecule has 0 bridgehead atoms. The first-order chi connectivity index (χ1) is 49.8. The van der Waals surface area contributed by atoms with Gasteiger partial charge in [-0.3, -0.25) is 0 Å². The Morgan fingerprint density at radius 1 is 0.271 bits per heavy atom. The fourth-order valence-electron chi connectivity index (χ4n) is 9.45. The summed E-state index contributed by atoms with van der Waals surface area (Å²) in [5.41, 5.74) is -13.6. The third-order valence-corrected chi connectivity index (χ3v) is 14.9. The molecule has 0 atom stereocenters. The van der Waals surface area contributed by atoms with Crippen molar-refractivity contribution in [3.8, 4) is 44.5 Å². The van der Waals surface area contributed by atoms with E-state index in [1.165, 1.54) is 50.3 Å². The van der Waals surface area contributed by atoms with Gasteiger partial charge in [-0.1, -0.05) is 45.4 Å². The van der Waals surface area contributed by atoms with Crippen molar-refractivity contribution >= 4 is 21.2 Å². The zero-order valence-electron chi connectivity index (χ0n) is 54.6. The van der Waals surface area contributed by atoms with Gasteiger partial charge in [0, 0.05) is 41.4 Å². The number of nitrogens with zero attached hydrogens (tertiary/aromatic N) is 1. The van der Waals surface area contributed by atoms with Crippen molar-refractivity contribution in [2.45, 2.75) is 86.5 Å². The van der Waals surface area contributed by atoms with Crippen LogP contribution < -0.4 is 4.90 Å². The molecule has 0 fully saturated rings. The Kier molecular flexibility index (Phi) is 32.2. The molecule has 0 aliphatic rings. The number of unbranched alkanes of at least 4 members (excludes halogenated alkanes) is 6. The predicted octanol–water partition coefficient (Wildman–Crippen LogP) is 23.6. The average Bonchev–Trinajstić information content (AvgIpc) is 0.780. The summed E-state index contributed by atoms with van der Waals surface area (Å²) in [6, 6.07) is 5.47. The standard InChI is InChI=1S/C17H27F2N.4C13H4F8.Al.H2O.O/c1-3-5-6-7-8-9-10-13-20(4-2)17-14-15(18)11-12-16(17)19;4*1-3-2-4(7(15)10(18)6(3)14)5-8(16)11(19)13(21)12(20)9(5)17;;;/h11-12,14H,3-10,13H2,1-2H3;4*2H,1H3;;1H2;/q;;;;;+1;;/p-1. The zero-order valence-corrected chi connectivity index (χ0v) is 55.8. The van der Waals surface area contributed by atoms with Gasteiger partial charge >= 0.3 is 23.4 Å². The van der Waals surface area contributed by atoms with Crippen LogP contribution in [0.2, 0.25) is 0 Å². The van der Waals surface area contributed by atoms with Crippen LogP contribution in [0.15, 0.2) is 42.5 Å². The Morgan fingerprint density at radius 3 is 0.682 bits per heavy atom. The van der Waals surface area contributed by atoms with Crippen LogP contribution in [-0.4, -0.2) is 32.7 Å². The summed E-state index contributed by atoms with van der Waals surface area (Å²) < 4.78 is 466. The molecule has 0 aromatic heterocycles. The van der Waals surface area contributed by atoms with Crippen LogP contribution in [0.4, 0.5) is 155 Å². The third-order valence-electron chi connectivity index (χ3n) is 14.9. The summed E-state index contributed by atoms with van der Waals surface area (Å²) in [6.45, 7) is 9.45. The van der Waals surface area contributed by atoms with Crippen LogP contribution in [0.1, 0.15) is 81.0 Å². The van der Waals surface area contributed by atoms with E-state index in [-0.39, 0.29) is 11.6 Å². The molecule has 0 spiro atoms. The van der Waals surface area contributed by atoms with E-state index in [1.807, 2.05) is 11.8 Å². The molecule has 38 heteroatoms. The summed E-state index contributed by atoms with van der Waals surface area (Å²) in [5.74, 6) is -70.7. The molecule has 3 nitrogen and oxygen atoms in total. The van der Waals surface area contributed by atoms with Crippen LogP contribution in [0.25, 0.3) is 44.5 Å². The second kappa shape index (κ2) is 38.4. The summed E-state index contributed by atoms with van der Waals surface area (Å²) in [7, 11) is 0. The number of aryl methyl sites for hydroxylation is 4. The molecule has 0 radical (unpaired) electrons. The van der Waals surface area contributed by atoms with Crippen molar-refractivity contribution in [3.63, 3.8) is 0 Å². The fourth-order valence-corrected chi connectivity index (χ4v) is 9.45. The second-order valence-corrected chi connectivity index (χ2v) is 22.1. The van der Waals surface area contributed by atoms with Gasteiger partial charge in [-0.15, -0.1) is 0 Å². The summed E-state index contributed by atoms with van der Waals surface area (Å²) in [4.78, 5) is 1.92. The van der Waals surface area contributed by atoms with E-state index in [4.69, 9.17) is 7.96 Å². The first kappa shape index (κ1) is 89.9. The third kappa shape index (κ3) is 19.5. The normalized spacial score (nSPS) is 10.8. The number of anilines is 1. The van der Waals surface area contributed by atoms with Crippen molar-refractivity contribution < 1.29 is 157 Å². The fraction of sp³-hybridized carbons (Fsp3) is 0.217. The Bertz CT molecular complexity index is 4190. The molecule has 9 rings (SSSR count). The maximum atomic E-state index is 13.7. The van der Waals surface area contributed by atoms with Crippen molar-refractivity contribution in [2.24, 2.45) is 0 Å². The average molecular weight is 1590 g/mol. The number of hydrogen-bond acceptors (Lipinski definition) is 2. The molecular weight excluding hydrogens is 1550 g/mol. The SMILES string of the molecule is CCCCCCCCCN(CC)c1cc(F)ccc1F.Cc1cc(-c2c(F)c(F)c(F)c(F)c2F)c(F)c(F)c1F.Cc1cc(-c2c(F)c(F)c(F)c(F)c2F)c(F)c(F)c1F.Cc1cc(-c2c(F)c(F)c(F)c(F)c2F)c(F)c(F)c1F.Cc1cc(-c2c(F)c(F)c(F)c(F)c2F)c(F)c(F)c1F.[O]=[Al][OH]. The van der Waals surface area contributed by atoms with E-state index >= 15 is 0 Å². The quantitative estimate of drug-likeness (QED) is 0.0388. The van der Waals surface area contributed by atoms with Gasteiger partial charge in [0.1, 0.15) is 11.6 Å². The van der Waals surface area contributed by atoms with Gasteiger partial charge < -0.3 is 4.90 Å². The molecule has 578 valence electrons. The topological polar surface area (TPSA) is 40.5 Å². The Hall–Kier alpha value is -9.47. The Labute approximate surface area is 588 Å². The molecule has 0 heterocycles. The van der Waals surface area contributed by atoms with Crippen LogP contribution in [-0.2, 0) is 3.80 Å². The molecule has 9 aromatic rings. The molecule has 107 heavy (non-hydrogen) atoms. The van der Waals surface area contributed by atoms with Crippen molar-refractivity contribution in [2.75, 3.05) is 18.0 Å². The van der Waals surface area contributed by atoms with E-state index < -0.39 is 268 Å². The monoisotopic (exact) mass is 1590 g/mol. The molecule has 0 aliphatic carbocycles. The summed E-state index contributed by atoms with van der Waals surface area (Å²) >= 11 is -1.50. The number of halogens is 34. The van der Waals surface area contributed by atoms with Crippen LogP contribution in [0, 0.1) is 225 Å². The van der Waals surface area contributed by atoms with Crippen molar-refractivity contribution in [3.05, 3.63) is 263 Å². The summed E-state index contributed by atoms with van der Waals surface area (Å²) in [5, 5.41) is 0. The molecule has 0 amide bonds. The molecule has 0 unspecified atom stereocenters. The van der Waals surface area contributed by atoms with E-state index in [9.17, 15) is 149 Å². The van der Waals surface area contributed by atoms with Crippen LogP contribution >= 0.6 is 0 Å². The first-order valence-electron chi connectivity index (χ1n) is 29.7. The van der Waals surface area contributed by atoms with Gasteiger partial charge in [0.2, 0.25) is 23.3 Å². The van der Waals surface area contributed by atoms with E-state index in [2.05, 4.69) is 6.92 Å². The Balaban J connectivity index is 0.000000280.